The van der Waals surface area contributed by atoms with Crippen LogP contribution in [0.2, 0.25) is 0 Å². The Labute approximate surface area is 125 Å². The molecule has 2 aromatic rings. The number of aromatic amines is 1. The molecule has 0 atom stereocenters. The molecule has 3 rings (SSSR count). The molecular formula is C15H18N2O5. The molecule has 2 heterocycles. The second-order valence-corrected chi connectivity index (χ2v) is 5.70. The van der Waals surface area contributed by atoms with Gasteiger partial charge in [-0.1, -0.05) is 30.4 Å². The number of hydrogen-bond donors (Lipinski definition) is 1. The highest BCUT2D eigenvalue weighted by Crippen LogP contribution is 2.29. The molecule has 0 radical (unpaired) electrons. The number of nitrogens with zero attached hydrogens (tertiary/aromatic N) is 1. The molecule has 0 spiro atoms. The number of aryl methyl sites for hydroxylation is 1. The molecule has 7 nitrogen and oxygen atoms in total. The number of H-pyrrole nitrogens is 1. The van der Waals surface area contributed by atoms with Crippen molar-refractivity contribution >= 4 is 11.1 Å². The van der Waals surface area contributed by atoms with Crippen LogP contribution in [0, 0.1) is 5.92 Å². The van der Waals surface area contributed by atoms with Crippen LogP contribution in [0.4, 0.5) is 0 Å². The molecule has 1 N–H and O–H groups in total. The van der Waals surface area contributed by atoms with Crippen LogP contribution in [0.15, 0.2) is 24.9 Å². The summed E-state index contributed by atoms with van der Waals surface area (Å²) in [7, 11) is 1.27. The van der Waals surface area contributed by atoms with E-state index in [0.29, 0.717) is 17.9 Å². The monoisotopic (exact) mass is 306 g/mol. The first kappa shape index (κ1) is 14.6. The standard InChI is InChI=1S/C15H18N2O5/c1-21-17-14-12(13(19)16-15(17)20)10(8-11(18)22-14)7-6-9-4-2-3-5-9/h8-9H,2-7H2,1H3,(H,16,19,20). The minimum absolute atomic E-state index is 0.134. The maximum atomic E-state index is 12.1. The predicted molar refractivity (Wildman–Crippen MR) is 80.1 cm³/mol. The number of rotatable bonds is 4. The molecule has 0 aromatic carbocycles. The van der Waals surface area contributed by atoms with Crippen molar-refractivity contribution in [1.82, 2.24) is 9.71 Å². The first-order valence-corrected chi connectivity index (χ1v) is 7.46. The molecule has 0 bridgehead atoms. The summed E-state index contributed by atoms with van der Waals surface area (Å²) in [4.78, 5) is 42.6. The van der Waals surface area contributed by atoms with Crippen LogP contribution in [-0.4, -0.2) is 16.8 Å². The minimum atomic E-state index is -0.768. The molecule has 1 aliphatic carbocycles. The third kappa shape index (κ3) is 2.58. The van der Waals surface area contributed by atoms with E-state index in [9.17, 15) is 14.4 Å². The largest absolute Gasteiger partial charge is 0.409 e. The van der Waals surface area contributed by atoms with Gasteiger partial charge in [0.1, 0.15) is 12.5 Å². The van der Waals surface area contributed by atoms with Gasteiger partial charge < -0.3 is 9.25 Å². The van der Waals surface area contributed by atoms with Gasteiger partial charge in [-0.05, 0) is 24.3 Å². The Morgan fingerprint density at radius 1 is 1.32 bits per heavy atom. The topological polar surface area (TPSA) is 94.3 Å². The molecule has 7 heteroatoms. The summed E-state index contributed by atoms with van der Waals surface area (Å²) >= 11 is 0. The van der Waals surface area contributed by atoms with Crippen LogP contribution in [0.1, 0.15) is 37.7 Å². The summed E-state index contributed by atoms with van der Waals surface area (Å²) < 4.78 is 5.81. The average molecular weight is 306 g/mol. The maximum Gasteiger partial charge on any atom is 0.364 e. The van der Waals surface area contributed by atoms with E-state index in [4.69, 9.17) is 9.25 Å². The zero-order valence-electron chi connectivity index (χ0n) is 12.4. The fraction of sp³-hybridized carbons (Fsp3) is 0.533. The lowest BCUT2D eigenvalue weighted by atomic mass is 9.97. The Hall–Kier alpha value is -2.31. The van der Waals surface area contributed by atoms with E-state index < -0.39 is 16.9 Å². The highest BCUT2D eigenvalue weighted by Gasteiger charge is 2.19. The van der Waals surface area contributed by atoms with Crippen LogP contribution in [0.25, 0.3) is 11.1 Å². The van der Waals surface area contributed by atoms with Crippen molar-refractivity contribution in [1.29, 1.82) is 0 Å². The first-order valence-electron chi connectivity index (χ1n) is 7.46. The number of hydrogen-bond acceptors (Lipinski definition) is 5. The van der Waals surface area contributed by atoms with Gasteiger partial charge in [-0.15, -0.1) is 0 Å². The van der Waals surface area contributed by atoms with Gasteiger partial charge in [-0.2, -0.15) is 0 Å². The van der Waals surface area contributed by atoms with E-state index in [1.807, 2.05) is 0 Å². The molecule has 2 aromatic heterocycles. The first-order chi connectivity index (χ1) is 10.6. The van der Waals surface area contributed by atoms with E-state index in [2.05, 4.69) is 4.98 Å². The molecule has 0 aliphatic heterocycles. The summed E-state index contributed by atoms with van der Waals surface area (Å²) in [5.74, 6) is 0.634. The molecule has 1 saturated carbocycles. The number of fused-ring (bicyclic) bond motifs is 1. The number of aromatic nitrogens is 2. The second kappa shape index (κ2) is 5.82. The van der Waals surface area contributed by atoms with Gasteiger partial charge in [0.15, 0.2) is 0 Å². The van der Waals surface area contributed by atoms with Crippen LogP contribution in [-0.2, 0) is 6.42 Å². The van der Waals surface area contributed by atoms with E-state index in [-0.39, 0.29) is 11.1 Å². The van der Waals surface area contributed by atoms with Crippen LogP contribution < -0.4 is 21.7 Å². The van der Waals surface area contributed by atoms with Gasteiger partial charge in [0, 0.05) is 6.07 Å². The zero-order valence-corrected chi connectivity index (χ0v) is 12.4. The summed E-state index contributed by atoms with van der Waals surface area (Å²) in [6, 6.07) is 1.33. The average Bonchev–Trinajstić information content (AvgIpc) is 2.97. The van der Waals surface area contributed by atoms with Crippen molar-refractivity contribution in [3.05, 3.63) is 42.9 Å². The molecule has 1 aliphatic rings. The van der Waals surface area contributed by atoms with E-state index in [1.54, 1.807) is 0 Å². The van der Waals surface area contributed by atoms with Crippen molar-refractivity contribution in [3.8, 4) is 0 Å². The van der Waals surface area contributed by atoms with E-state index in [1.165, 1.54) is 38.9 Å². The van der Waals surface area contributed by atoms with Gasteiger partial charge in [-0.3, -0.25) is 9.78 Å². The van der Waals surface area contributed by atoms with Gasteiger partial charge in [0.05, 0.1) is 0 Å². The third-order valence-electron chi connectivity index (χ3n) is 4.32. The smallest absolute Gasteiger partial charge is 0.364 e. The molecule has 0 amide bonds. The van der Waals surface area contributed by atoms with Crippen molar-refractivity contribution in [2.75, 3.05) is 7.11 Å². The Bertz CT molecular complexity index is 855. The van der Waals surface area contributed by atoms with Gasteiger partial charge in [0.2, 0.25) is 0 Å². The van der Waals surface area contributed by atoms with Crippen LogP contribution >= 0.6 is 0 Å². The highest BCUT2D eigenvalue weighted by molar-refractivity contribution is 5.75. The summed E-state index contributed by atoms with van der Waals surface area (Å²) in [6.45, 7) is 0. The Morgan fingerprint density at radius 2 is 2.05 bits per heavy atom. The Kier molecular flexibility index (Phi) is 3.87. The van der Waals surface area contributed by atoms with Gasteiger partial charge >= 0.3 is 11.3 Å². The fourth-order valence-corrected chi connectivity index (χ4v) is 3.24. The summed E-state index contributed by atoms with van der Waals surface area (Å²) in [6.07, 6.45) is 6.40. The lowest BCUT2D eigenvalue weighted by molar-refractivity contribution is 0.153. The Morgan fingerprint density at radius 3 is 2.73 bits per heavy atom. The summed E-state index contributed by atoms with van der Waals surface area (Å²) in [5, 5.41) is 0.207. The van der Waals surface area contributed by atoms with Crippen molar-refractivity contribution in [2.45, 2.75) is 38.5 Å². The molecular weight excluding hydrogens is 288 g/mol. The van der Waals surface area contributed by atoms with Gasteiger partial charge in [0.25, 0.3) is 11.3 Å². The predicted octanol–water partition coefficient (Wildman–Crippen LogP) is 0.824. The Balaban J connectivity index is 2.11. The lowest BCUT2D eigenvalue weighted by Crippen LogP contribution is -2.34. The number of nitrogens with one attached hydrogen (secondary N) is 1. The quantitative estimate of drug-likeness (QED) is 0.902. The van der Waals surface area contributed by atoms with Crippen LogP contribution in [0.3, 0.4) is 0 Å². The molecule has 22 heavy (non-hydrogen) atoms. The van der Waals surface area contributed by atoms with Crippen molar-refractivity contribution in [2.24, 2.45) is 5.92 Å². The minimum Gasteiger partial charge on any atom is -0.409 e. The second-order valence-electron chi connectivity index (χ2n) is 5.70. The summed E-state index contributed by atoms with van der Waals surface area (Å²) in [5.41, 5.74) is -1.45. The molecule has 1 fully saturated rings. The zero-order chi connectivity index (χ0) is 15.7. The normalized spacial score (nSPS) is 15.5. The molecule has 0 saturated heterocycles. The molecule has 0 unspecified atom stereocenters. The third-order valence-corrected chi connectivity index (χ3v) is 4.32. The van der Waals surface area contributed by atoms with Gasteiger partial charge in [-0.25, -0.2) is 9.59 Å². The lowest BCUT2D eigenvalue weighted by Gasteiger charge is -2.11. The SMILES string of the molecule is COn1c(=O)[nH]c(=O)c2c(CCC3CCCC3)cc(=O)oc21. The van der Waals surface area contributed by atoms with E-state index >= 15 is 0 Å². The highest BCUT2D eigenvalue weighted by atomic mass is 16.7. The molecule has 118 valence electrons. The van der Waals surface area contributed by atoms with Crippen molar-refractivity contribution < 1.29 is 9.25 Å². The fourth-order valence-electron chi connectivity index (χ4n) is 3.24. The van der Waals surface area contributed by atoms with Crippen molar-refractivity contribution in [3.63, 3.8) is 0 Å². The van der Waals surface area contributed by atoms with Crippen LogP contribution in [0.5, 0.6) is 0 Å². The maximum absolute atomic E-state index is 12.1. The van der Waals surface area contributed by atoms with E-state index in [0.717, 1.165) is 11.2 Å².